The molecule has 0 aliphatic rings. The summed E-state index contributed by atoms with van der Waals surface area (Å²) in [6.45, 7) is 8.82. The molecule has 0 spiro atoms. The number of hydrogen-bond acceptors (Lipinski definition) is 3. The summed E-state index contributed by atoms with van der Waals surface area (Å²) in [7, 11) is 0. The Morgan fingerprint density at radius 1 is 1.30 bits per heavy atom. The summed E-state index contributed by atoms with van der Waals surface area (Å²) < 4.78 is 1.78. The summed E-state index contributed by atoms with van der Waals surface area (Å²) >= 11 is 0. The molecule has 0 aromatic carbocycles. The molecule has 1 aromatic heterocycles. The number of carbonyl (C=O) groups is 1. The number of carbonyl (C=O) groups excluding carboxylic acids is 1. The Labute approximate surface area is 121 Å². The van der Waals surface area contributed by atoms with E-state index in [0.29, 0.717) is 0 Å². The van der Waals surface area contributed by atoms with E-state index in [9.17, 15) is 4.79 Å². The van der Waals surface area contributed by atoms with E-state index >= 15 is 0 Å². The maximum absolute atomic E-state index is 12.2. The molecule has 3 N–H and O–H groups in total. The standard InChI is InChI=1S/C15H28N4O/c1-5-8-9-10-17-15(20)11(4)19-13(7-3)14(16)12(6-2)18-19/h11H,5-10,16H2,1-4H3,(H,17,20). The molecular weight excluding hydrogens is 252 g/mol. The van der Waals surface area contributed by atoms with Gasteiger partial charge in [0.25, 0.3) is 0 Å². The molecule has 20 heavy (non-hydrogen) atoms. The van der Waals surface area contributed by atoms with E-state index < -0.39 is 0 Å². The Bertz CT molecular complexity index is 439. The Morgan fingerprint density at radius 3 is 2.55 bits per heavy atom. The van der Waals surface area contributed by atoms with E-state index in [1.54, 1.807) is 4.68 Å². The van der Waals surface area contributed by atoms with Gasteiger partial charge in [-0.25, -0.2) is 0 Å². The van der Waals surface area contributed by atoms with Gasteiger partial charge in [-0.1, -0.05) is 33.6 Å². The van der Waals surface area contributed by atoms with Crippen LogP contribution in [0.5, 0.6) is 0 Å². The maximum atomic E-state index is 12.2. The number of rotatable bonds is 8. The van der Waals surface area contributed by atoms with E-state index in [1.165, 1.54) is 0 Å². The van der Waals surface area contributed by atoms with Crippen LogP contribution in [0.3, 0.4) is 0 Å². The van der Waals surface area contributed by atoms with Crippen molar-refractivity contribution in [3.63, 3.8) is 0 Å². The van der Waals surface area contributed by atoms with Crippen molar-refractivity contribution >= 4 is 11.6 Å². The fourth-order valence-electron chi connectivity index (χ4n) is 2.31. The van der Waals surface area contributed by atoms with Crippen molar-refractivity contribution < 1.29 is 4.79 Å². The highest BCUT2D eigenvalue weighted by atomic mass is 16.2. The first-order chi connectivity index (χ1) is 9.56. The summed E-state index contributed by atoms with van der Waals surface area (Å²) in [6, 6.07) is -0.311. The largest absolute Gasteiger partial charge is 0.396 e. The highest BCUT2D eigenvalue weighted by Crippen LogP contribution is 2.22. The first-order valence-electron chi connectivity index (χ1n) is 7.70. The average molecular weight is 280 g/mol. The van der Waals surface area contributed by atoms with Crippen LogP contribution in [0.25, 0.3) is 0 Å². The quantitative estimate of drug-likeness (QED) is 0.718. The minimum Gasteiger partial charge on any atom is -0.396 e. The Hall–Kier alpha value is -1.52. The van der Waals surface area contributed by atoms with Gasteiger partial charge in [-0.3, -0.25) is 9.48 Å². The predicted octanol–water partition coefficient (Wildman–Crippen LogP) is 2.46. The smallest absolute Gasteiger partial charge is 0.244 e. The van der Waals surface area contributed by atoms with Crippen LogP contribution in [-0.4, -0.2) is 22.2 Å². The first kappa shape index (κ1) is 16.5. The Kier molecular flexibility index (Phi) is 6.55. The molecule has 1 amide bonds. The van der Waals surface area contributed by atoms with Gasteiger partial charge in [-0.2, -0.15) is 5.10 Å². The molecule has 0 aliphatic heterocycles. The van der Waals surface area contributed by atoms with Gasteiger partial charge in [0.05, 0.1) is 17.1 Å². The normalized spacial score (nSPS) is 12.4. The van der Waals surface area contributed by atoms with Gasteiger partial charge in [-0.05, 0) is 26.2 Å². The van der Waals surface area contributed by atoms with E-state index in [4.69, 9.17) is 5.73 Å². The molecule has 0 radical (unpaired) electrons. The second-order valence-corrected chi connectivity index (χ2v) is 5.13. The molecule has 0 saturated heterocycles. The number of anilines is 1. The molecule has 0 aliphatic carbocycles. The van der Waals surface area contributed by atoms with Crippen molar-refractivity contribution in [3.05, 3.63) is 11.4 Å². The number of aromatic nitrogens is 2. The average Bonchev–Trinajstić information content (AvgIpc) is 2.78. The second-order valence-electron chi connectivity index (χ2n) is 5.13. The molecule has 1 rings (SSSR count). The SMILES string of the molecule is CCCCCNC(=O)C(C)n1nc(CC)c(N)c1CC. The van der Waals surface area contributed by atoms with Crippen LogP contribution in [0.4, 0.5) is 5.69 Å². The van der Waals surface area contributed by atoms with Crippen LogP contribution in [0.15, 0.2) is 0 Å². The van der Waals surface area contributed by atoms with Crippen LogP contribution in [0.1, 0.15) is 64.4 Å². The molecule has 0 fully saturated rings. The number of nitrogens with one attached hydrogen (secondary N) is 1. The Morgan fingerprint density at radius 2 is 2.00 bits per heavy atom. The van der Waals surface area contributed by atoms with E-state index in [-0.39, 0.29) is 11.9 Å². The lowest BCUT2D eigenvalue weighted by Gasteiger charge is -2.15. The summed E-state index contributed by atoms with van der Waals surface area (Å²) in [6.07, 6.45) is 4.89. The van der Waals surface area contributed by atoms with Gasteiger partial charge in [0, 0.05) is 6.54 Å². The third-order valence-corrected chi connectivity index (χ3v) is 3.62. The number of nitrogens with zero attached hydrogens (tertiary/aromatic N) is 2. The van der Waals surface area contributed by atoms with Crippen LogP contribution in [-0.2, 0) is 17.6 Å². The lowest BCUT2D eigenvalue weighted by molar-refractivity contribution is -0.124. The lowest BCUT2D eigenvalue weighted by Crippen LogP contribution is -2.33. The molecule has 1 heterocycles. The lowest BCUT2D eigenvalue weighted by atomic mass is 10.2. The zero-order valence-electron chi connectivity index (χ0n) is 13.2. The number of hydrogen-bond donors (Lipinski definition) is 2. The number of amides is 1. The highest BCUT2D eigenvalue weighted by Gasteiger charge is 2.21. The van der Waals surface area contributed by atoms with E-state index in [2.05, 4.69) is 17.3 Å². The number of unbranched alkanes of at least 4 members (excludes halogenated alkanes) is 2. The summed E-state index contributed by atoms with van der Waals surface area (Å²) in [5, 5.41) is 7.47. The fourth-order valence-corrected chi connectivity index (χ4v) is 2.31. The zero-order valence-corrected chi connectivity index (χ0v) is 13.2. The van der Waals surface area contributed by atoms with Gasteiger partial charge < -0.3 is 11.1 Å². The second kappa shape index (κ2) is 7.92. The number of nitrogen functional groups attached to an aromatic ring is 1. The van der Waals surface area contributed by atoms with Crippen molar-refractivity contribution in [2.75, 3.05) is 12.3 Å². The topological polar surface area (TPSA) is 72.9 Å². The summed E-state index contributed by atoms with van der Waals surface area (Å²) in [5.41, 5.74) is 8.66. The first-order valence-corrected chi connectivity index (χ1v) is 7.70. The van der Waals surface area contributed by atoms with Crippen LogP contribution >= 0.6 is 0 Å². The van der Waals surface area contributed by atoms with Gasteiger partial charge in [0.2, 0.25) is 5.91 Å². The number of nitrogens with two attached hydrogens (primary N) is 1. The molecular formula is C15H28N4O. The van der Waals surface area contributed by atoms with Crippen molar-refractivity contribution in [1.29, 1.82) is 0 Å². The minimum absolute atomic E-state index is 0.0148. The van der Waals surface area contributed by atoms with Gasteiger partial charge in [0.15, 0.2) is 0 Å². The van der Waals surface area contributed by atoms with Crippen LogP contribution in [0.2, 0.25) is 0 Å². The van der Waals surface area contributed by atoms with Crippen molar-refractivity contribution in [2.24, 2.45) is 0 Å². The molecule has 5 nitrogen and oxygen atoms in total. The molecule has 0 saturated carbocycles. The maximum Gasteiger partial charge on any atom is 0.244 e. The zero-order chi connectivity index (χ0) is 15.1. The summed E-state index contributed by atoms with van der Waals surface area (Å²) in [4.78, 5) is 12.2. The van der Waals surface area contributed by atoms with Gasteiger partial charge in [0.1, 0.15) is 6.04 Å². The molecule has 114 valence electrons. The van der Waals surface area contributed by atoms with Crippen molar-refractivity contribution in [1.82, 2.24) is 15.1 Å². The third-order valence-electron chi connectivity index (χ3n) is 3.62. The highest BCUT2D eigenvalue weighted by molar-refractivity contribution is 5.80. The fraction of sp³-hybridized carbons (Fsp3) is 0.733. The Balaban J connectivity index is 2.75. The van der Waals surface area contributed by atoms with E-state index in [1.807, 2.05) is 20.8 Å². The monoisotopic (exact) mass is 280 g/mol. The minimum atomic E-state index is -0.311. The van der Waals surface area contributed by atoms with Gasteiger partial charge >= 0.3 is 0 Å². The molecule has 0 bridgehead atoms. The summed E-state index contributed by atoms with van der Waals surface area (Å²) in [5.74, 6) is 0.0148. The van der Waals surface area contributed by atoms with Crippen molar-refractivity contribution in [3.8, 4) is 0 Å². The van der Waals surface area contributed by atoms with Gasteiger partial charge in [-0.15, -0.1) is 0 Å². The van der Waals surface area contributed by atoms with Crippen LogP contribution < -0.4 is 11.1 Å². The molecule has 1 unspecified atom stereocenters. The molecule has 5 heteroatoms. The molecule has 1 aromatic rings. The third kappa shape index (κ3) is 3.74. The van der Waals surface area contributed by atoms with Crippen molar-refractivity contribution in [2.45, 2.75) is 65.8 Å². The predicted molar refractivity (Wildman–Crippen MR) is 82.6 cm³/mol. The number of aryl methyl sites for hydroxylation is 1. The molecule has 1 atom stereocenters. The van der Waals surface area contributed by atoms with E-state index in [0.717, 1.165) is 55.7 Å². The van der Waals surface area contributed by atoms with Crippen LogP contribution in [0, 0.1) is 0 Å².